The number of ketones is 2. The summed E-state index contributed by atoms with van der Waals surface area (Å²) in [5.41, 5.74) is -1.69. The van der Waals surface area contributed by atoms with Gasteiger partial charge in [-0.3, -0.25) is 19.2 Å². The van der Waals surface area contributed by atoms with Crippen LogP contribution in [-0.4, -0.2) is 60.6 Å². The predicted octanol–water partition coefficient (Wildman–Crippen LogP) is 2.72. The van der Waals surface area contributed by atoms with Crippen LogP contribution in [0, 0.1) is 28.6 Å². The summed E-state index contributed by atoms with van der Waals surface area (Å²) in [4.78, 5) is 49.9. The first-order valence-electron chi connectivity index (χ1n) is 12.5. The molecular weight excluding hydrogens is 452 g/mol. The minimum Gasteiger partial charge on any atom is -0.458 e. The molecule has 0 aliphatic heterocycles. The number of ether oxygens (including phenoxy) is 3. The third-order valence-electron chi connectivity index (χ3n) is 9.27. The summed E-state index contributed by atoms with van der Waals surface area (Å²) < 4.78 is 16.1. The van der Waals surface area contributed by atoms with Gasteiger partial charge in [-0.25, -0.2) is 0 Å². The lowest BCUT2D eigenvalue weighted by atomic mass is 9.46. The largest absolute Gasteiger partial charge is 0.458 e. The summed E-state index contributed by atoms with van der Waals surface area (Å²) in [5.74, 6) is -1.59. The molecule has 4 aliphatic rings. The van der Waals surface area contributed by atoms with Crippen LogP contribution in [-0.2, 0) is 33.4 Å². The molecule has 4 rings (SSSR count). The van der Waals surface area contributed by atoms with Crippen LogP contribution < -0.4 is 0 Å². The van der Waals surface area contributed by atoms with Gasteiger partial charge >= 0.3 is 11.9 Å². The number of allylic oxidation sites excluding steroid dienone is 4. The van der Waals surface area contributed by atoms with Crippen LogP contribution in [0.4, 0.5) is 0 Å². The van der Waals surface area contributed by atoms with Gasteiger partial charge in [0.05, 0.1) is 19.1 Å². The van der Waals surface area contributed by atoms with Crippen molar-refractivity contribution in [2.24, 2.45) is 28.6 Å². The molecule has 0 radical (unpaired) electrons. The molecule has 8 nitrogen and oxygen atoms in total. The number of methoxy groups -OCH3 is 1. The highest BCUT2D eigenvalue weighted by Gasteiger charge is 2.70. The van der Waals surface area contributed by atoms with Crippen LogP contribution in [0.1, 0.15) is 59.3 Å². The van der Waals surface area contributed by atoms with Gasteiger partial charge in [-0.1, -0.05) is 25.5 Å². The Bertz CT molecular complexity index is 982. The minimum atomic E-state index is -1.49. The third-order valence-corrected chi connectivity index (χ3v) is 9.27. The molecule has 1 N–H and O–H groups in total. The standard InChI is InChI=1S/C27H36O8/c1-16(28)34-15-22(31)27(35-23(32)9-12-33-4)11-8-20-19-6-5-17-13-18(29)7-10-25(17,2)24(19)21(30)14-26(20,27)3/h7,10,13,19-21,24,30H,5-6,8-9,11-12,14-15H2,1-4H3/t19-,20-,21?,24+,25-,26-,27-/m0/s1. The van der Waals surface area contributed by atoms with E-state index in [1.807, 2.05) is 13.0 Å². The van der Waals surface area contributed by atoms with E-state index in [-0.39, 0.29) is 43.0 Å². The first-order valence-corrected chi connectivity index (χ1v) is 12.5. The lowest BCUT2D eigenvalue weighted by Gasteiger charge is -2.59. The molecule has 0 amide bonds. The van der Waals surface area contributed by atoms with Crippen molar-refractivity contribution in [1.82, 2.24) is 0 Å². The summed E-state index contributed by atoms with van der Waals surface area (Å²) in [7, 11) is 1.49. The normalized spacial score (nSPS) is 39.7. The fraction of sp³-hybridized carbons (Fsp3) is 0.704. The number of rotatable bonds is 7. The Kier molecular flexibility index (Phi) is 6.83. The summed E-state index contributed by atoms with van der Waals surface area (Å²) in [6, 6.07) is 0. The molecule has 3 saturated carbocycles. The smallest absolute Gasteiger partial charge is 0.309 e. The number of fused-ring (bicyclic) bond motifs is 5. The van der Waals surface area contributed by atoms with E-state index in [0.717, 1.165) is 18.4 Å². The average molecular weight is 489 g/mol. The topological polar surface area (TPSA) is 116 Å². The Hall–Kier alpha value is -2.32. The SMILES string of the molecule is COCCC(=O)O[C@]1(C(=O)COC(C)=O)CC[C@H]2[C@@H]3CCC4=CC(=O)C=C[C@]4(C)[C@H]3C(O)C[C@@]21C. The molecule has 4 aliphatic carbocycles. The summed E-state index contributed by atoms with van der Waals surface area (Å²) >= 11 is 0. The number of carbonyl (C=O) groups excluding carboxylic acids is 4. The number of hydrogen-bond donors (Lipinski definition) is 1. The average Bonchev–Trinajstić information content (AvgIpc) is 3.08. The number of aliphatic hydroxyl groups excluding tert-OH is 1. The molecule has 8 heteroatoms. The molecule has 0 spiro atoms. The fourth-order valence-corrected chi connectivity index (χ4v) is 7.71. The lowest BCUT2D eigenvalue weighted by molar-refractivity contribution is -0.201. The lowest BCUT2D eigenvalue weighted by Crippen LogP contribution is -2.63. The highest BCUT2D eigenvalue weighted by molar-refractivity contribution is 6.01. The van der Waals surface area contributed by atoms with Crippen LogP contribution in [0.15, 0.2) is 23.8 Å². The zero-order chi connectivity index (χ0) is 25.6. The molecule has 7 atom stereocenters. The van der Waals surface area contributed by atoms with Crippen LogP contribution in [0.5, 0.6) is 0 Å². The maximum Gasteiger partial charge on any atom is 0.309 e. The third kappa shape index (κ3) is 4.08. The minimum absolute atomic E-state index is 0.000498. The van der Waals surface area contributed by atoms with E-state index in [9.17, 15) is 24.3 Å². The van der Waals surface area contributed by atoms with Gasteiger partial charge in [0.2, 0.25) is 5.78 Å². The molecule has 0 heterocycles. The van der Waals surface area contributed by atoms with Crippen molar-refractivity contribution in [2.75, 3.05) is 20.3 Å². The van der Waals surface area contributed by atoms with Gasteiger partial charge in [0, 0.05) is 30.8 Å². The number of Topliss-reactive ketones (excluding diaryl/α,β-unsaturated/α-hetero) is 1. The first-order chi connectivity index (χ1) is 16.5. The van der Waals surface area contributed by atoms with Crippen LogP contribution in [0.25, 0.3) is 0 Å². The summed E-state index contributed by atoms with van der Waals surface area (Å²) in [5, 5.41) is 11.6. The van der Waals surface area contributed by atoms with Gasteiger partial charge in [-0.15, -0.1) is 0 Å². The molecule has 0 aromatic heterocycles. The molecule has 0 bridgehead atoms. The van der Waals surface area contributed by atoms with E-state index in [1.54, 1.807) is 12.2 Å². The molecule has 0 aromatic carbocycles. The van der Waals surface area contributed by atoms with E-state index in [2.05, 4.69) is 6.92 Å². The highest BCUT2D eigenvalue weighted by Crippen LogP contribution is 2.67. The summed E-state index contributed by atoms with van der Waals surface area (Å²) in [6.07, 6.45) is 7.25. The van der Waals surface area contributed by atoms with Gasteiger partial charge in [0.1, 0.15) is 0 Å². The predicted molar refractivity (Wildman–Crippen MR) is 125 cm³/mol. The van der Waals surface area contributed by atoms with Crippen molar-refractivity contribution in [2.45, 2.75) is 71.0 Å². The Morgan fingerprint density at radius 2 is 1.94 bits per heavy atom. The monoisotopic (exact) mass is 488 g/mol. The second-order valence-electron chi connectivity index (χ2n) is 11.0. The van der Waals surface area contributed by atoms with Gasteiger partial charge in [0.25, 0.3) is 0 Å². The van der Waals surface area contributed by atoms with Crippen molar-refractivity contribution < 1.29 is 38.5 Å². The molecule has 35 heavy (non-hydrogen) atoms. The second kappa shape index (κ2) is 9.28. The van der Waals surface area contributed by atoms with Crippen LogP contribution >= 0.6 is 0 Å². The van der Waals surface area contributed by atoms with Crippen molar-refractivity contribution in [3.63, 3.8) is 0 Å². The van der Waals surface area contributed by atoms with E-state index < -0.39 is 46.9 Å². The van der Waals surface area contributed by atoms with Crippen molar-refractivity contribution >= 4 is 23.5 Å². The molecule has 0 saturated heterocycles. The zero-order valence-corrected chi connectivity index (χ0v) is 21.0. The number of esters is 2. The van der Waals surface area contributed by atoms with Crippen LogP contribution in [0.2, 0.25) is 0 Å². The first kappa shape index (κ1) is 25.8. The molecule has 192 valence electrons. The van der Waals surface area contributed by atoms with Gasteiger partial charge in [0.15, 0.2) is 18.0 Å². The summed E-state index contributed by atoms with van der Waals surface area (Å²) in [6.45, 7) is 4.94. The van der Waals surface area contributed by atoms with E-state index in [1.165, 1.54) is 14.0 Å². The maximum absolute atomic E-state index is 13.6. The number of hydrogen-bond acceptors (Lipinski definition) is 8. The Labute approximate surface area is 206 Å². The molecule has 3 fully saturated rings. The number of carbonyl (C=O) groups is 4. The number of aliphatic hydroxyl groups is 1. The van der Waals surface area contributed by atoms with Crippen LogP contribution in [0.3, 0.4) is 0 Å². The molecule has 1 unspecified atom stereocenters. The quantitative estimate of drug-likeness (QED) is 0.544. The highest BCUT2D eigenvalue weighted by atomic mass is 16.6. The van der Waals surface area contributed by atoms with E-state index >= 15 is 0 Å². The Morgan fingerprint density at radius 3 is 2.63 bits per heavy atom. The second-order valence-corrected chi connectivity index (χ2v) is 11.0. The van der Waals surface area contributed by atoms with Gasteiger partial charge in [-0.2, -0.15) is 0 Å². The molecule has 0 aromatic rings. The van der Waals surface area contributed by atoms with Crippen molar-refractivity contribution in [3.8, 4) is 0 Å². The zero-order valence-electron chi connectivity index (χ0n) is 21.0. The van der Waals surface area contributed by atoms with Crippen molar-refractivity contribution in [1.29, 1.82) is 0 Å². The molecular formula is C27H36O8. The Morgan fingerprint density at radius 1 is 1.20 bits per heavy atom. The van der Waals surface area contributed by atoms with Crippen molar-refractivity contribution in [3.05, 3.63) is 23.8 Å². The van der Waals surface area contributed by atoms with Gasteiger partial charge in [-0.05, 0) is 56.1 Å². The fourth-order valence-electron chi connectivity index (χ4n) is 7.71. The Balaban J connectivity index is 1.70. The maximum atomic E-state index is 13.6. The van der Waals surface area contributed by atoms with E-state index in [0.29, 0.717) is 12.8 Å². The van der Waals surface area contributed by atoms with Gasteiger partial charge < -0.3 is 19.3 Å². The van der Waals surface area contributed by atoms with E-state index in [4.69, 9.17) is 14.2 Å².